The van der Waals surface area contributed by atoms with Gasteiger partial charge in [-0.25, -0.2) is 8.42 Å². The van der Waals surface area contributed by atoms with Crippen LogP contribution < -0.4 is 9.62 Å². The molecule has 1 N–H and O–H groups in total. The Morgan fingerprint density at radius 3 is 2.50 bits per heavy atom. The lowest BCUT2D eigenvalue weighted by Crippen LogP contribution is -2.28. The van der Waals surface area contributed by atoms with Gasteiger partial charge in [-0.3, -0.25) is 9.10 Å². The lowest BCUT2D eigenvalue weighted by Gasteiger charge is -2.20. The Kier molecular flexibility index (Phi) is 5.84. The van der Waals surface area contributed by atoms with E-state index in [0.29, 0.717) is 18.7 Å². The van der Waals surface area contributed by atoms with Crippen molar-refractivity contribution in [2.45, 2.75) is 18.2 Å². The molecule has 0 saturated heterocycles. The SMILES string of the molecule is Cc1ccc(N(C)S(=O)(=O)c2cccc(C(=O)NCCc3ccco3)c2)cc1. The average molecular weight is 398 g/mol. The van der Waals surface area contributed by atoms with E-state index in [1.54, 1.807) is 36.6 Å². The summed E-state index contributed by atoms with van der Waals surface area (Å²) in [4.78, 5) is 12.4. The van der Waals surface area contributed by atoms with Crippen molar-refractivity contribution in [3.8, 4) is 0 Å². The summed E-state index contributed by atoms with van der Waals surface area (Å²) >= 11 is 0. The molecule has 7 heteroatoms. The van der Waals surface area contributed by atoms with Gasteiger partial charge in [0.05, 0.1) is 16.8 Å². The van der Waals surface area contributed by atoms with Gasteiger partial charge in [-0.15, -0.1) is 0 Å². The van der Waals surface area contributed by atoms with Gasteiger partial charge in [0.1, 0.15) is 5.76 Å². The maximum absolute atomic E-state index is 12.9. The van der Waals surface area contributed by atoms with Gasteiger partial charge in [0.25, 0.3) is 15.9 Å². The number of amides is 1. The van der Waals surface area contributed by atoms with Gasteiger partial charge >= 0.3 is 0 Å². The summed E-state index contributed by atoms with van der Waals surface area (Å²) in [5, 5.41) is 2.78. The Morgan fingerprint density at radius 1 is 1.07 bits per heavy atom. The highest BCUT2D eigenvalue weighted by molar-refractivity contribution is 7.92. The third kappa shape index (κ3) is 4.43. The minimum Gasteiger partial charge on any atom is -0.469 e. The number of aryl methyl sites for hydroxylation is 1. The number of rotatable bonds is 7. The number of carbonyl (C=O) groups excluding carboxylic acids is 1. The van der Waals surface area contributed by atoms with Gasteiger partial charge in [0.15, 0.2) is 0 Å². The van der Waals surface area contributed by atoms with Crippen molar-refractivity contribution in [1.29, 1.82) is 0 Å². The first-order valence-corrected chi connectivity index (χ1v) is 10.3. The summed E-state index contributed by atoms with van der Waals surface area (Å²) in [6.45, 7) is 2.33. The second-order valence-electron chi connectivity index (χ2n) is 6.42. The van der Waals surface area contributed by atoms with Crippen molar-refractivity contribution in [2.24, 2.45) is 0 Å². The average Bonchev–Trinajstić information content (AvgIpc) is 3.21. The standard InChI is InChI=1S/C21H22N2O4S/c1-16-8-10-18(11-9-16)23(2)28(25,26)20-7-3-5-17(15-20)21(24)22-13-12-19-6-4-14-27-19/h3-11,14-15H,12-13H2,1-2H3,(H,22,24). The largest absolute Gasteiger partial charge is 0.469 e. The van der Waals surface area contributed by atoms with Gasteiger partial charge in [-0.1, -0.05) is 23.8 Å². The van der Waals surface area contributed by atoms with E-state index in [1.165, 1.54) is 23.5 Å². The molecule has 0 aliphatic rings. The van der Waals surface area contributed by atoms with E-state index in [-0.39, 0.29) is 16.4 Å². The zero-order valence-electron chi connectivity index (χ0n) is 15.8. The molecule has 0 aliphatic heterocycles. The Labute approximate surface area is 164 Å². The Hall–Kier alpha value is -3.06. The van der Waals surface area contributed by atoms with E-state index in [0.717, 1.165) is 11.3 Å². The van der Waals surface area contributed by atoms with Crippen LogP contribution in [0.2, 0.25) is 0 Å². The number of sulfonamides is 1. The number of nitrogens with zero attached hydrogens (tertiary/aromatic N) is 1. The first kappa shape index (κ1) is 19.7. The molecule has 0 unspecified atom stereocenters. The number of anilines is 1. The van der Waals surface area contributed by atoms with Crippen LogP contribution in [0.4, 0.5) is 5.69 Å². The molecule has 6 nitrogen and oxygen atoms in total. The summed E-state index contributed by atoms with van der Waals surface area (Å²) in [5.41, 5.74) is 1.89. The Balaban J connectivity index is 1.73. The molecule has 1 heterocycles. The molecule has 0 bridgehead atoms. The van der Waals surface area contributed by atoms with Crippen molar-refractivity contribution in [3.63, 3.8) is 0 Å². The van der Waals surface area contributed by atoms with E-state index in [4.69, 9.17) is 4.42 Å². The quantitative estimate of drug-likeness (QED) is 0.662. The van der Waals surface area contributed by atoms with Crippen LogP contribution in [0.15, 0.2) is 76.2 Å². The maximum Gasteiger partial charge on any atom is 0.264 e. The molecule has 0 atom stereocenters. The van der Waals surface area contributed by atoms with Gasteiger partial charge in [0.2, 0.25) is 0 Å². The minimum atomic E-state index is -3.78. The molecule has 2 aromatic carbocycles. The molecule has 1 aromatic heterocycles. The summed E-state index contributed by atoms with van der Waals surface area (Å²) in [6, 6.07) is 16.9. The first-order chi connectivity index (χ1) is 13.4. The number of nitrogens with one attached hydrogen (secondary N) is 1. The maximum atomic E-state index is 12.9. The van der Waals surface area contributed by atoms with E-state index in [2.05, 4.69) is 5.32 Å². The second kappa shape index (κ2) is 8.31. The summed E-state index contributed by atoms with van der Waals surface area (Å²) in [7, 11) is -2.28. The Morgan fingerprint density at radius 2 is 1.82 bits per heavy atom. The van der Waals surface area contributed by atoms with Crippen LogP contribution in [0.1, 0.15) is 21.7 Å². The summed E-state index contributed by atoms with van der Waals surface area (Å²) in [6.07, 6.45) is 2.14. The second-order valence-corrected chi connectivity index (χ2v) is 8.39. The van der Waals surface area contributed by atoms with Crippen LogP contribution in [0.3, 0.4) is 0 Å². The van der Waals surface area contributed by atoms with Crippen LogP contribution in [0, 0.1) is 6.92 Å². The van der Waals surface area contributed by atoms with Crippen LogP contribution in [-0.4, -0.2) is 27.9 Å². The molecule has 146 valence electrons. The molecule has 0 aliphatic carbocycles. The predicted octanol–water partition coefficient (Wildman–Crippen LogP) is 3.39. The number of furan rings is 1. The van der Waals surface area contributed by atoms with E-state index < -0.39 is 10.0 Å². The number of benzene rings is 2. The highest BCUT2D eigenvalue weighted by Crippen LogP contribution is 2.23. The molecular formula is C21H22N2O4S. The highest BCUT2D eigenvalue weighted by Gasteiger charge is 2.22. The fraction of sp³-hybridized carbons (Fsp3) is 0.190. The van der Waals surface area contributed by atoms with Crippen LogP contribution in [-0.2, 0) is 16.4 Å². The van der Waals surface area contributed by atoms with Crippen molar-refractivity contribution in [2.75, 3.05) is 17.9 Å². The normalized spacial score (nSPS) is 11.2. The lowest BCUT2D eigenvalue weighted by molar-refractivity contribution is 0.0953. The first-order valence-electron chi connectivity index (χ1n) is 8.84. The summed E-state index contributed by atoms with van der Waals surface area (Å²) < 4.78 is 32.3. The number of carbonyl (C=O) groups is 1. The van der Waals surface area contributed by atoms with Gasteiger partial charge in [-0.05, 0) is 49.4 Å². The minimum absolute atomic E-state index is 0.0641. The molecule has 0 radical (unpaired) electrons. The third-order valence-corrected chi connectivity index (χ3v) is 6.17. The molecule has 0 spiro atoms. The highest BCUT2D eigenvalue weighted by atomic mass is 32.2. The molecule has 0 saturated carbocycles. The van der Waals surface area contributed by atoms with Crippen molar-refractivity contribution in [1.82, 2.24) is 5.32 Å². The van der Waals surface area contributed by atoms with Crippen molar-refractivity contribution < 1.29 is 17.6 Å². The zero-order valence-corrected chi connectivity index (χ0v) is 16.6. The topological polar surface area (TPSA) is 79.6 Å². The van der Waals surface area contributed by atoms with Crippen molar-refractivity contribution in [3.05, 3.63) is 83.8 Å². The van der Waals surface area contributed by atoms with Crippen LogP contribution >= 0.6 is 0 Å². The fourth-order valence-corrected chi connectivity index (χ4v) is 3.95. The van der Waals surface area contributed by atoms with Gasteiger partial charge in [-0.2, -0.15) is 0 Å². The molecule has 3 rings (SSSR count). The molecule has 0 fully saturated rings. The number of hydrogen-bond donors (Lipinski definition) is 1. The summed E-state index contributed by atoms with van der Waals surface area (Å²) in [5.74, 6) is 0.443. The molecular weight excluding hydrogens is 376 g/mol. The van der Waals surface area contributed by atoms with E-state index >= 15 is 0 Å². The third-order valence-electron chi connectivity index (χ3n) is 4.39. The van der Waals surface area contributed by atoms with Crippen LogP contribution in [0.25, 0.3) is 0 Å². The van der Waals surface area contributed by atoms with Crippen molar-refractivity contribution >= 4 is 21.6 Å². The monoisotopic (exact) mass is 398 g/mol. The van der Waals surface area contributed by atoms with E-state index in [1.807, 2.05) is 25.1 Å². The van der Waals surface area contributed by atoms with Gasteiger partial charge in [0, 0.05) is 25.6 Å². The zero-order chi connectivity index (χ0) is 20.1. The molecule has 28 heavy (non-hydrogen) atoms. The van der Waals surface area contributed by atoms with E-state index in [9.17, 15) is 13.2 Å². The molecule has 3 aromatic rings. The molecule has 1 amide bonds. The fourth-order valence-electron chi connectivity index (χ4n) is 2.71. The Bertz CT molecular complexity index is 1040. The van der Waals surface area contributed by atoms with Gasteiger partial charge < -0.3 is 9.73 Å². The smallest absolute Gasteiger partial charge is 0.264 e. The lowest BCUT2D eigenvalue weighted by atomic mass is 10.2. The van der Waals surface area contributed by atoms with Crippen LogP contribution in [0.5, 0.6) is 0 Å². The predicted molar refractivity (Wildman–Crippen MR) is 108 cm³/mol. The number of hydrogen-bond acceptors (Lipinski definition) is 4.